The minimum Gasteiger partial charge on any atom is -0.262 e. The van der Waals surface area contributed by atoms with Crippen molar-refractivity contribution in [3.63, 3.8) is 0 Å². The lowest BCUT2D eigenvalue weighted by Crippen LogP contribution is -1.83. The molecule has 0 bridgehead atoms. The van der Waals surface area contributed by atoms with Crippen LogP contribution in [0, 0.1) is 0 Å². The van der Waals surface area contributed by atoms with Gasteiger partial charge in [0, 0.05) is 0 Å². The van der Waals surface area contributed by atoms with E-state index in [1.165, 1.54) is 6.33 Å². The van der Waals surface area contributed by atoms with Crippen LogP contribution in [0.4, 0.5) is 0 Å². The fourth-order valence-corrected chi connectivity index (χ4v) is 0.894. The van der Waals surface area contributed by atoms with Gasteiger partial charge in [-0.3, -0.25) is 10.2 Å². The SMILES string of the molecule is ClCc1nc(-c2ncn[nH]2)n[nH]1. The molecule has 2 heterocycles. The highest BCUT2D eigenvalue weighted by molar-refractivity contribution is 6.16. The van der Waals surface area contributed by atoms with Gasteiger partial charge in [-0.1, -0.05) is 0 Å². The second-order valence-corrected chi connectivity index (χ2v) is 2.34. The Hall–Kier alpha value is -1.43. The molecule has 0 saturated carbocycles. The maximum Gasteiger partial charge on any atom is 0.218 e. The van der Waals surface area contributed by atoms with Crippen LogP contribution in [0.25, 0.3) is 11.6 Å². The molecule has 2 aromatic rings. The van der Waals surface area contributed by atoms with E-state index in [0.29, 0.717) is 23.4 Å². The Balaban J connectivity index is 2.35. The number of rotatable bonds is 2. The number of nitrogens with zero attached hydrogens (tertiary/aromatic N) is 4. The van der Waals surface area contributed by atoms with Crippen LogP contribution >= 0.6 is 11.6 Å². The molecule has 0 amide bonds. The lowest BCUT2D eigenvalue weighted by atomic mass is 10.6. The van der Waals surface area contributed by atoms with Crippen LogP contribution < -0.4 is 0 Å². The number of halogens is 1. The molecule has 0 aromatic carbocycles. The van der Waals surface area contributed by atoms with Gasteiger partial charge in [-0.25, -0.2) is 9.97 Å². The van der Waals surface area contributed by atoms with Crippen LogP contribution in [-0.4, -0.2) is 30.4 Å². The highest BCUT2D eigenvalue weighted by Gasteiger charge is 2.06. The van der Waals surface area contributed by atoms with Gasteiger partial charge in [0.15, 0.2) is 5.82 Å². The third-order valence-electron chi connectivity index (χ3n) is 1.29. The Morgan fingerprint density at radius 3 is 2.92 bits per heavy atom. The minimum absolute atomic E-state index is 0.307. The van der Waals surface area contributed by atoms with Gasteiger partial charge < -0.3 is 0 Å². The van der Waals surface area contributed by atoms with Crippen LogP contribution in [0.15, 0.2) is 6.33 Å². The molecule has 12 heavy (non-hydrogen) atoms. The lowest BCUT2D eigenvalue weighted by molar-refractivity contribution is 1.02. The molecule has 7 heteroatoms. The fourth-order valence-electron chi connectivity index (χ4n) is 0.774. The maximum atomic E-state index is 5.52. The first-order valence-corrected chi connectivity index (χ1v) is 3.76. The van der Waals surface area contributed by atoms with E-state index < -0.39 is 0 Å². The average Bonchev–Trinajstić information content (AvgIpc) is 2.75. The number of aromatic amines is 2. The summed E-state index contributed by atoms with van der Waals surface area (Å²) < 4.78 is 0. The van der Waals surface area contributed by atoms with Crippen molar-refractivity contribution in [3.8, 4) is 11.6 Å². The van der Waals surface area contributed by atoms with E-state index in [4.69, 9.17) is 11.6 Å². The van der Waals surface area contributed by atoms with Gasteiger partial charge in [0.05, 0.1) is 5.88 Å². The molecule has 0 aliphatic carbocycles. The first-order valence-electron chi connectivity index (χ1n) is 3.23. The average molecular weight is 185 g/mol. The summed E-state index contributed by atoms with van der Waals surface area (Å²) in [5.74, 6) is 1.93. The molecule has 6 nitrogen and oxygen atoms in total. The summed E-state index contributed by atoms with van der Waals surface area (Å²) >= 11 is 5.52. The Bertz CT molecular complexity index is 352. The van der Waals surface area contributed by atoms with Gasteiger partial charge >= 0.3 is 0 Å². The molecular formula is C5H5ClN6. The summed E-state index contributed by atoms with van der Waals surface area (Å²) in [4.78, 5) is 7.92. The number of aromatic nitrogens is 6. The molecule has 0 aliphatic rings. The number of H-pyrrole nitrogens is 2. The molecule has 0 unspecified atom stereocenters. The quantitative estimate of drug-likeness (QED) is 0.659. The molecule has 2 rings (SSSR count). The highest BCUT2D eigenvalue weighted by atomic mass is 35.5. The van der Waals surface area contributed by atoms with Crippen molar-refractivity contribution in [3.05, 3.63) is 12.2 Å². The topological polar surface area (TPSA) is 83.1 Å². The zero-order chi connectivity index (χ0) is 8.39. The molecule has 0 radical (unpaired) electrons. The van der Waals surface area contributed by atoms with Gasteiger partial charge in [-0.2, -0.15) is 5.10 Å². The molecular weight excluding hydrogens is 180 g/mol. The van der Waals surface area contributed by atoms with E-state index in [-0.39, 0.29) is 0 Å². The van der Waals surface area contributed by atoms with E-state index in [2.05, 4.69) is 30.4 Å². The van der Waals surface area contributed by atoms with Gasteiger partial charge in [0.25, 0.3) is 0 Å². The zero-order valence-corrected chi connectivity index (χ0v) is 6.71. The summed E-state index contributed by atoms with van der Waals surface area (Å²) in [5.41, 5.74) is 0. The number of hydrogen-bond acceptors (Lipinski definition) is 4. The van der Waals surface area contributed by atoms with Crippen molar-refractivity contribution in [1.29, 1.82) is 0 Å². The Morgan fingerprint density at radius 1 is 1.42 bits per heavy atom. The van der Waals surface area contributed by atoms with Crippen molar-refractivity contribution in [2.75, 3.05) is 0 Å². The van der Waals surface area contributed by atoms with E-state index in [0.717, 1.165) is 0 Å². The molecule has 2 N–H and O–H groups in total. The summed E-state index contributed by atoms with van der Waals surface area (Å²) in [6, 6.07) is 0. The third kappa shape index (κ3) is 1.16. The molecule has 0 aliphatic heterocycles. The number of hydrogen-bond donors (Lipinski definition) is 2. The lowest BCUT2D eigenvalue weighted by Gasteiger charge is -1.82. The fraction of sp³-hybridized carbons (Fsp3) is 0.200. The van der Waals surface area contributed by atoms with Crippen molar-refractivity contribution in [2.45, 2.75) is 5.88 Å². The van der Waals surface area contributed by atoms with Crippen molar-refractivity contribution in [2.24, 2.45) is 0 Å². The first kappa shape index (κ1) is 7.23. The highest BCUT2D eigenvalue weighted by Crippen LogP contribution is 2.06. The van der Waals surface area contributed by atoms with Crippen LogP contribution in [0.1, 0.15) is 5.82 Å². The van der Waals surface area contributed by atoms with Crippen molar-refractivity contribution < 1.29 is 0 Å². The molecule has 0 atom stereocenters. The smallest absolute Gasteiger partial charge is 0.218 e. The standard InChI is InChI=1S/C5H5ClN6/c6-1-3-9-5(12-10-3)4-7-2-8-11-4/h2H,1H2,(H,7,8,11)(H,9,10,12). The summed E-state index contributed by atoms with van der Waals surface area (Å²) in [5, 5.41) is 12.9. The summed E-state index contributed by atoms with van der Waals surface area (Å²) in [6.45, 7) is 0. The van der Waals surface area contributed by atoms with E-state index in [1.54, 1.807) is 0 Å². The van der Waals surface area contributed by atoms with E-state index in [1.807, 2.05) is 0 Å². The van der Waals surface area contributed by atoms with Gasteiger partial charge in [0.1, 0.15) is 12.2 Å². The zero-order valence-electron chi connectivity index (χ0n) is 5.95. The predicted molar refractivity (Wildman–Crippen MR) is 41.3 cm³/mol. The van der Waals surface area contributed by atoms with Gasteiger partial charge in [0.2, 0.25) is 5.82 Å². The molecule has 62 valence electrons. The largest absolute Gasteiger partial charge is 0.262 e. The van der Waals surface area contributed by atoms with Crippen LogP contribution in [0.5, 0.6) is 0 Å². The molecule has 2 aromatic heterocycles. The van der Waals surface area contributed by atoms with Crippen molar-refractivity contribution >= 4 is 11.6 Å². The number of nitrogens with one attached hydrogen (secondary N) is 2. The van der Waals surface area contributed by atoms with Crippen molar-refractivity contribution in [1.82, 2.24) is 30.4 Å². The van der Waals surface area contributed by atoms with Gasteiger partial charge in [-0.15, -0.1) is 16.7 Å². The summed E-state index contributed by atoms with van der Waals surface area (Å²) in [7, 11) is 0. The van der Waals surface area contributed by atoms with Crippen LogP contribution in [0.3, 0.4) is 0 Å². The van der Waals surface area contributed by atoms with Gasteiger partial charge in [-0.05, 0) is 0 Å². The van der Waals surface area contributed by atoms with Crippen LogP contribution in [-0.2, 0) is 5.88 Å². The van der Waals surface area contributed by atoms with Crippen LogP contribution in [0.2, 0.25) is 0 Å². The third-order valence-corrected chi connectivity index (χ3v) is 1.54. The predicted octanol–water partition coefficient (Wildman–Crippen LogP) is 0.329. The normalized spacial score (nSPS) is 10.4. The molecule has 0 fully saturated rings. The first-order chi connectivity index (χ1) is 5.90. The van der Waals surface area contributed by atoms with E-state index in [9.17, 15) is 0 Å². The monoisotopic (exact) mass is 184 g/mol. The number of alkyl halides is 1. The maximum absolute atomic E-state index is 5.52. The minimum atomic E-state index is 0.307. The van der Waals surface area contributed by atoms with E-state index >= 15 is 0 Å². The molecule has 0 saturated heterocycles. The molecule has 0 spiro atoms. The Kier molecular flexibility index (Phi) is 1.75. The second kappa shape index (κ2) is 2.90. The second-order valence-electron chi connectivity index (χ2n) is 2.07. The Morgan fingerprint density at radius 2 is 2.33 bits per heavy atom. The summed E-state index contributed by atoms with van der Waals surface area (Å²) in [6.07, 6.45) is 1.39. The Labute approximate surface area is 72.4 Å².